The number of piperidine rings is 1. The maximum Gasteiger partial charge on any atom is 0.0341 e. The van der Waals surface area contributed by atoms with Gasteiger partial charge in [0.15, 0.2) is 0 Å². The predicted octanol–water partition coefficient (Wildman–Crippen LogP) is 0.316. The molecule has 1 rings (SSSR count). The van der Waals surface area contributed by atoms with Gasteiger partial charge in [0.2, 0.25) is 0 Å². The Bertz CT molecular complexity index is 151. The first-order chi connectivity index (χ1) is 4.84. The fourth-order valence-corrected chi connectivity index (χ4v) is 1.13. The van der Waals surface area contributed by atoms with Gasteiger partial charge >= 0.3 is 0 Å². The summed E-state index contributed by atoms with van der Waals surface area (Å²) in [6.45, 7) is 1.75. The lowest BCUT2D eigenvalue weighted by Crippen LogP contribution is -2.37. The standard InChI is InChI=1S/C7H13N3/c1-9-4-6-2-3-10-5-7(6)8/h4,6,8,10H,2-3,5H2,1H3. The van der Waals surface area contributed by atoms with Crippen LogP contribution in [0.25, 0.3) is 0 Å². The molecule has 1 aliphatic heterocycles. The minimum atomic E-state index is 0.297. The van der Waals surface area contributed by atoms with E-state index >= 15 is 0 Å². The lowest BCUT2D eigenvalue weighted by Gasteiger charge is -2.19. The Balaban J connectivity index is 2.48. The third-order valence-electron chi connectivity index (χ3n) is 1.72. The molecule has 10 heavy (non-hydrogen) atoms. The van der Waals surface area contributed by atoms with Crippen molar-refractivity contribution in [2.24, 2.45) is 10.9 Å². The minimum absolute atomic E-state index is 0.297. The van der Waals surface area contributed by atoms with Crippen LogP contribution in [0.5, 0.6) is 0 Å². The van der Waals surface area contributed by atoms with E-state index in [4.69, 9.17) is 5.41 Å². The molecule has 0 saturated carbocycles. The summed E-state index contributed by atoms with van der Waals surface area (Å²) in [5.74, 6) is 0.297. The molecule has 1 unspecified atom stereocenters. The molecule has 2 N–H and O–H groups in total. The van der Waals surface area contributed by atoms with Gasteiger partial charge in [-0.15, -0.1) is 0 Å². The van der Waals surface area contributed by atoms with Gasteiger partial charge in [0.05, 0.1) is 0 Å². The van der Waals surface area contributed by atoms with E-state index in [0.717, 1.165) is 25.2 Å². The molecule has 1 saturated heterocycles. The Hall–Kier alpha value is -0.700. The Labute approximate surface area is 61.1 Å². The SMILES string of the molecule is CN=CC1CCNCC1=N. The van der Waals surface area contributed by atoms with Crippen LogP contribution in [0.1, 0.15) is 6.42 Å². The van der Waals surface area contributed by atoms with Gasteiger partial charge in [-0.3, -0.25) is 0 Å². The molecule has 0 aromatic rings. The Morgan fingerprint density at radius 3 is 3.20 bits per heavy atom. The van der Waals surface area contributed by atoms with Crippen molar-refractivity contribution in [1.82, 2.24) is 5.32 Å². The van der Waals surface area contributed by atoms with Gasteiger partial charge in [-0.2, -0.15) is 0 Å². The van der Waals surface area contributed by atoms with Gasteiger partial charge in [0.25, 0.3) is 0 Å². The van der Waals surface area contributed by atoms with Gasteiger partial charge in [0, 0.05) is 31.4 Å². The quantitative estimate of drug-likeness (QED) is 0.505. The molecule has 0 spiro atoms. The summed E-state index contributed by atoms with van der Waals surface area (Å²) in [5, 5.41) is 10.6. The summed E-state index contributed by atoms with van der Waals surface area (Å²) >= 11 is 0. The number of rotatable bonds is 1. The molecule has 0 aliphatic carbocycles. The van der Waals surface area contributed by atoms with Gasteiger partial charge in [-0.05, 0) is 13.0 Å². The van der Waals surface area contributed by atoms with Gasteiger partial charge in [-0.1, -0.05) is 0 Å². The van der Waals surface area contributed by atoms with E-state index in [1.165, 1.54) is 0 Å². The molecular weight excluding hydrogens is 126 g/mol. The van der Waals surface area contributed by atoms with Crippen molar-refractivity contribution in [2.45, 2.75) is 6.42 Å². The molecule has 3 nitrogen and oxygen atoms in total. The summed E-state index contributed by atoms with van der Waals surface area (Å²) in [6.07, 6.45) is 2.89. The van der Waals surface area contributed by atoms with Crippen molar-refractivity contribution in [3.63, 3.8) is 0 Å². The first kappa shape index (κ1) is 7.41. The maximum absolute atomic E-state index is 7.50. The van der Waals surface area contributed by atoms with Crippen LogP contribution in [-0.2, 0) is 0 Å². The highest BCUT2D eigenvalue weighted by Gasteiger charge is 2.15. The highest BCUT2D eigenvalue weighted by molar-refractivity contribution is 5.98. The summed E-state index contributed by atoms with van der Waals surface area (Å²) in [7, 11) is 1.76. The maximum atomic E-state index is 7.50. The molecule has 1 heterocycles. The molecule has 3 heteroatoms. The van der Waals surface area contributed by atoms with E-state index in [2.05, 4.69) is 10.3 Å². The van der Waals surface area contributed by atoms with Crippen molar-refractivity contribution < 1.29 is 0 Å². The normalized spacial score (nSPS) is 27.7. The predicted molar refractivity (Wildman–Crippen MR) is 43.1 cm³/mol. The molecule has 0 aromatic heterocycles. The Kier molecular flexibility index (Phi) is 2.57. The van der Waals surface area contributed by atoms with Crippen LogP contribution in [-0.4, -0.2) is 32.1 Å². The van der Waals surface area contributed by atoms with E-state index in [1.54, 1.807) is 7.05 Å². The summed E-state index contributed by atoms with van der Waals surface area (Å²) < 4.78 is 0. The van der Waals surface area contributed by atoms with Crippen molar-refractivity contribution in [3.8, 4) is 0 Å². The van der Waals surface area contributed by atoms with Gasteiger partial charge in [0.1, 0.15) is 0 Å². The number of nitrogens with one attached hydrogen (secondary N) is 2. The lowest BCUT2D eigenvalue weighted by molar-refractivity contribution is 0.625. The van der Waals surface area contributed by atoms with E-state index < -0.39 is 0 Å². The second kappa shape index (κ2) is 3.46. The van der Waals surface area contributed by atoms with Crippen LogP contribution >= 0.6 is 0 Å². The zero-order valence-electron chi connectivity index (χ0n) is 6.22. The second-order valence-corrected chi connectivity index (χ2v) is 2.50. The monoisotopic (exact) mass is 139 g/mol. The Morgan fingerprint density at radius 1 is 1.80 bits per heavy atom. The minimum Gasteiger partial charge on any atom is -0.311 e. The number of hydrogen-bond acceptors (Lipinski definition) is 3. The van der Waals surface area contributed by atoms with E-state index in [-0.39, 0.29) is 0 Å². The second-order valence-electron chi connectivity index (χ2n) is 2.50. The molecule has 1 aliphatic rings. The van der Waals surface area contributed by atoms with Crippen LogP contribution in [0.3, 0.4) is 0 Å². The zero-order chi connectivity index (χ0) is 7.40. The first-order valence-corrected chi connectivity index (χ1v) is 3.55. The highest BCUT2D eigenvalue weighted by Crippen LogP contribution is 2.04. The molecule has 0 bridgehead atoms. The number of hydrogen-bond donors (Lipinski definition) is 2. The van der Waals surface area contributed by atoms with Crippen LogP contribution in [0.15, 0.2) is 4.99 Å². The average Bonchev–Trinajstić information content (AvgIpc) is 1.94. The zero-order valence-corrected chi connectivity index (χ0v) is 6.22. The van der Waals surface area contributed by atoms with Crippen molar-refractivity contribution in [3.05, 3.63) is 0 Å². The van der Waals surface area contributed by atoms with E-state index in [1.807, 2.05) is 6.21 Å². The largest absolute Gasteiger partial charge is 0.311 e. The van der Waals surface area contributed by atoms with Crippen LogP contribution in [0.4, 0.5) is 0 Å². The fraction of sp³-hybridized carbons (Fsp3) is 0.714. The molecule has 1 fully saturated rings. The topological polar surface area (TPSA) is 48.2 Å². The van der Waals surface area contributed by atoms with Crippen molar-refractivity contribution >= 4 is 11.9 Å². The average molecular weight is 139 g/mol. The molecule has 56 valence electrons. The van der Waals surface area contributed by atoms with Crippen LogP contribution in [0, 0.1) is 11.3 Å². The fourth-order valence-electron chi connectivity index (χ4n) is 1.13. The number of nitrogens with zero attached hydrogens (tertiary/aromatic N) is 1. The third-order valence-corrected chi connectivity index (χ3v) is 1.72. The van der Waals surface area contributed by atoms with E-state index in [0.29, 0.717) is 5.92 Å². The molecule has 0 amide bonds. The molecule has 0 radical (unpaired) electrons. The van der Waals surface area contributed by atoms with E-state index in [9.17, 15) is 0 Å². The summed E-state index contributed by atoms with van der Waals surface area (Å²) in [4.78, 5) is 3.92. The summed E-state index contributed by atoms with van der Waals surface area (Å²) in [6, 6.07) is 0. The lowest BCUT2D eigenvalue weighted by atomic mass is 9.97. The molecule has 0 aromatic carbocycles. The van der Waals surface area contributed by atoms with Crippen molar-refractivity contribution in [1.29, 1.82) is 5.41 Å². The van der Waals surface area contributed by atoms with Crippen LogP contribution in [0.2, 0.25) is 0 Å². The Morgan fingerprint density at radius 2 is 2.60 bits per heavy atom. The van der Waals surface area contributed by atoms with Gasteiger partial charge < -0.3 is 15.7 Å². The molecular formula is C7H13N3. The molecule has 1 atom stereocenters. The summed E-state index contributed by atoms with van der Waals surface area (Å²) in [5.41, 5.74) is 0.761. The van der Waals surface area contributed by atoms with Crippen LogP contribution < -0.4 is 5.32 Å². The van der Waals surface area contributed by atoms with Crippen molar-refractivity contribution in [2.75, 3.05) is 20.1 Å². The van der Waals surface area contributed by atoms with Gasteiger partial charge in [-0.25, -0.2) is 0 Å². The smallest absolute Gasteiger partial charge is 0.0341 e. The third kappa shape index (κ3) is 1.64. The highest BCUT2D eigenvalue weighted by atomic mass is 14.9. The first-order valence-electron chi connectivity index (χ1n) is 3.55. The number of aliphatic imine (C=N–C) groups is 1.